The molecule has 0 aliphatic carbocycles. The molecule has 27 heavy (non-hydrogen) atoms. The van der Waals surface area contributed by atoms with Gasteiger partial charge >= 0.3 is 5.97 Å². The van der Waals surface area contributed by atoms with Crippen LogP contribution in [0.25, 0.3) is 0 Å². The molecule has 1 atom stereocenters. The molecule has 3 rings (SSSR count). The molecule has 0 fully saturated rings. The lowest BCUT2D eigenvalue weighted by molar-refractivity contribution is -0.150. The highest BCUT2D eigenvalue weighted by Gasteiger charge is 2.55. The molecular weight excluding hydrogens is 417 g/mol. The molecule has 1 N–H and O–H groups in total. The zero-order valence-electron chi connectivity index (χ0n) is 14.5. The molecule has 2 aromatic carbocycles. The lowest BCUT2D eigenvalue weighted by Gasteiger charge is -2.35. The standard InChI is InChI=1S/C20H17BrFNO4/c1-3-8-20(19(25)26)17-15(9-13(22)10-16(17)21)18(24)23(20)11-12-4-6-14(27-2)7-5-12/h3-7,9-10H,1,8,11H2,2H3,(H,25,26). The van der Waals surface area contributed by atoms with E-state index in [9.17, 15) is 19.1 Å². The van der Waals surface area contributed by atoms with Crippen LogP contribution in [0.4, 0.5) is 4.39 Å². The summed E-state index contributed by atoms with van der Waals surface area (Å²) < 4.78 is 19.3. The Hall–Kier alpha value is -2.67. The number of hydrogen-bond donors (Lipinski definition) is 1. The molecule has 2 aromatic rings. The smallest absolute Gasteiger partial charge is 0.334 e. The maximum absolute atomic E-state index is 13.9. The van der Waals surface area contributed by atoms with Crippen molar-refractivity contribution in [3.05, 3.63) is 76.0 Å². The monoisotopic (exact) mass is 433 g/mol. The van der Waals surface area contributed by atoms with E-state index in [1.54, 1.807) is 31.4 Å². The van der Waals surface area contributed by atoms with Crippen molar-refractivity contribution < 1.29 is 23.8 Å². The van der Waals surface area contributed by atoms with Gasteiger partial charge in [-0.3, -0.25) is 4.79 Å². The number of halogens is 2. The molecule has 1 amide bonds. The van der Waals surface area contributed by atoms with Crippen molar-refractivity contribution >= 4 is 27.8 Å². The average Bonchev–Trinajstić information content (AvgIpc) is 2.86. The van der Waals surface area contributed by atoms with E-state index in [4.69, 9.17) is 4.74 Å². The van der Waals surface area contributed by atoms with Crippen LogP contribution >= 0.6 is 15.9 Å². The molecule has 0 spiro atoms. The molecule has 0 bridgehead atoms. The predicted molar refractivity (Wildman–Crippen MR) is 101 cm³/mol. The Morgan fingerprint density at radius 2 is 2.04 bits per heavy atom. The number of ether oxygens (including phenoxy) is 1. The summed E-state index contributed by atoms with van der Waals surface area (Å²) in [7, 11) is 1.54. The van der Waals surface area contributed by atoms with Crippen molar-refractivity contribution in [3.63, 3.8) is 0 Å². The number of carboxylic acids is 1. The molecule has 0 aromatic heterocycles. The number of rotatable bonds is 6. The van der Waals surface area contributed by atoms with Crippen molar-refractivity contribution in [1.82, 2.24) is 4.90 Å². The molecule has 5 nitrogen and oxygen atoms in total. The molecule has 1 heterocycles. The fourth-order valence-electron chi connectivity index (χ4n) is 3.47. The van der Waals surface area contributed by atoms with E-state index in [-0.39, 0.29) is 28.6 Å². The van der Waals surface area contributed by atoms with Crippen LogP contribution < -0.4 is 4.74 Å². The third kappa shape index (κ3) is 3.02. The van der Waals surface area contributed by atoms with Gasteiger partial charge in [-0.25, -0.2) is 9.18 Å². The van der Waals surface area contributed by atoms with E-state index in [0.717, 1.165) is 11.6 Å². The van der Waals surface area contributed by atoms with E-state index in [2.05, 4.69) is 22.5 Å². The first-order valence-electron chi connectivity index (χ1n) is 8.14. The highest BCUT2D eigenvalue weighted by Crippen LogP contribution is 2.47. The van der Waals surface area contributed by atoms with Crippen molar-refractivity contribution in [2.24, 2.45) is 0 Å². The van der Waals surface area contributed by atoms with Gasteiger partial charge in [0.05, 0.1) is 7.11 Å². The first-order valence-corrected chi connectivity index (χ1v) is 8.93. The summed E-state index contributed by atoms with van der Waals surface area (Å²) in [6, 6.07) is 9.22. The second-order valence-corrected chi connectivity index (χ2v) is 7.06. The minimum Gasteiger partial charge on any atom is -0.497 e. The van der Waals surface area contributed by atoms with Gasteiger partial charge in [0.15, 0.2) is 5.54 Å². The van der Waals surface area contributed by atoms with Gasteiger partial charge in [-0.2, -0.15) is 0 Å². The van der Waals surface area contributed by atoms with E-state index < -0.39 is 23.2 Å². The fourth-order valence-corrected chi connectivity index (χ4v) is 4.23. The number of carbonyl (C=O) groups is 2. The lowest BCUT2D eigenvalue weighted by Crippen LogP contribution is -2.49. The van der Waals surface area contributed by atoms with E-state index in [1.165, 1.54) is 17.0 Å². The van der Waals surface area contributed by atoms with Gasteiger partial charge in [-0.15, -0.1) is 6.58 Å². The number of nitrogens with zero attached hydrogens (tertiary/aromatic N) is 1. The normalized spacial score (nSPS) is 18.3. The Kier molecular flexibility index (Phi) is 5.06. The highest BCUT2D eigenvalue weighted by molar-refractivity contribution is 9.10. The topological polar surface area (TPSA) is 66.8 Å². The van der Waals surface area contributed by atoms with Crippen LogP contribution in [0.1, 0.15) is 27.9 Å². The quantitative estimate of drug-likeness (QED) is 0.696. The Morgan fingerprint density at radius 1 is 1.37 bits per heavy atom. The molecular formula is C20H17BrFNO4. The third-order valence-electron chi connectivity index (χ3n) is 4.70. The van der Waals surface area contributed by atoms with E-state index in [0.29, 0.717) is 5.75 Å². The molecule has 1 aliphatic heterocycles. The summed E-state index contributed by atoms with van der Waals surface area (Å²) in [6.45, 7) is 3.70. The van der Waals surface area contributed by atoms with E-state index in [1.807, 2.05) is 0 Å². The Bertz CT molecular complexity index is 928. The fraction of sp³-hybridized carbons (Fsp3) is 0.200. The molecule has 0 radical (unpaired) electrons. The number of carboxylic acid groups (broad SMARTS) is 1. The Morgan fingerprint density at radius 3 is 2.59 bits per heavy atom. The Balaban J connectivity index is 2.16. The van der Waals surface area contributed by atoms with Gasteiger partial charge in [0.2, 0.25) is 0 Å². The zero-order valence-corrected chi connectivity index (χ0v) is 16.1. The number of amides is 1. The molecule has 140 valence electrons. The largest absolute Gasteiger partial charge is 0.497 e. The number of aliphatic carboxylic acids is 1. The van der Waals surface area contributed by atoms with Crippen molar-refractivity contribution in [2.75, 3.05) is 7.11 Å². The summed E-state index contributed by atoms with van der Waals surface area (Å²) >= 11 is 3.24. The Labute approximate surface area is 164 Å². The number of hydrogen-bond acceptors (Lipinski definition) is 3. The van der Waals surface area contributed by atoms with Gasteiger partial charge in [-0.05, 0) is 29.8 Å². The van der Waals surface area contributed by atoms with Crippen LogP contribution in [-0.2, 0) is 16.9 Å². The van der Waals surface area contributed by atoms with Crippen LogP contribution in [0, 0.1) is 5.82 Å². The minimum atomic E-state index is -1.67. The van der Waals surface area contributed by atoms with Crippen LogP contribution in [0.5, 0.6) is 5.75 Å². The molecule has 7 heteroatoms. The summed E-state index contributed by atoms with van der Waals surface area (Å²) in [4.78, 5) is 26.7. The number of fused-ring (bicyclic) bond motifs is 1. The second kappa shape index (κ2) is 7.15. The zero-order chi connectivity index (χ0) is 19.8. The maximum Gasteiger partial charge on any atom is 0.334 e. The molecule has 1 unspecified atom stereocenters. The number of benzene rings is 2. The minimum absolute atomic E-state index is 0.0124. The van der Waals surface area contributed by atoms with Crippen molar-refractivity contribution in [3.8, 4) is 5.75 Å². The van der Waals surface area contributed by atoms with E-state index >= 15 is 0 Å². The van der Waals surface area contributed by atoms with Crippen LogP contribution in [0.3, 0.4) is 0 Å². The maximum atomic E-state index is 13.9. The molecule has 1 aliphatic rings. The van der Waals surface area contributed by atoms with Crippen LogP contribution in [-0.4, -0.2) is 29.0 Å². The SMILES string of the molecule is C=CCC1(C(=O)O)c2c(Br)cc(F)cc2C(=O)N1Cc1ccc(OC)cc1. The molecule has 0 saturated carbocycles. The van der Waals surface area contributed by atoms with Gasteiger partial charge in [-0.1, -0.05) is 34.1 Å². The highest BCUT2D eigenvalue weighted by atomic mass is 79.9. The number of methoxy groups -OCH3 is 1. The average molecular weight is 434 g/mol. The predicted octanol–water partition coefficient (Wildman–Crippen LogP) is 4.11. The summed E-state index contributed by atoms with van der Waals surface area (Å²) in [6.07, 6.45) is 1.44. The van der Waals surface area contributed by atoms with Gasteiger partial charge < -0.3 is 14.7 Å². The van der Waals surface area contributed by atoms with Crippen LogP contribution in [0.15, 0.2) is 53.5 Å². The summed E-state index contributed by atoms with van der Waals surface area (Å²) in [5, 5.41) is 10.1. The molecule has 0 saturated heterocycles. The lowest BCUT2D eigenvalue weighted by atomic mass is 9.86. The third-order valence-corrected chi connectivity index (χ3v) is 5.32. The second-order valence-electron chi connectivity index (χ2n) is 6.21. The summed E-state index contributed by atoms with van der Waals surface area (Å²) in [5.74, 6) is -1.70. The van der Waals surface area contributed by atoms with Gasteiger partial charge in [0.25, 0.3) is 5.91 Å². The van der Waals surface area contributed by atoms with Gasteiger partial charge in [0, 0.05) is 28.6 Å². The van der Waals surface area contributed by atoms with Gasteiger partial charge in [0.1, 0.15) is 11.6 Å². The van der Waals surface area contributed by atoms with Crippen molar-refractivity contribution in [2.45, 2.75) is 18.5 Å². The van der Waals surface area contributed by atoms with Crippen molar-refractivity contribution in [1.29, 1.82) is 0 Å². The number of carbonyl (C=O) groups excluding carboxylic acids is 1. The van der Waals surface area contributed by atoms with Crippen LogP contribution in [0.2, 0.25) is 0 Å². The first kappa shape index (κ1) is 19.1. The summed E-state index contributed by atoms with van der Waals surface area (Å²) in [5.41, 5.74) is -0.654. The first-order chi connectivity index (χ1) is 12.8.